The second-order valence-corrected chi connectivity index (χ2v) is 4.13. The van der Waals surface area contributed by atoms with Crippen LogP contribution < -0.4 is 0 Å². The maximum Gasteiger partial charge on any atom is 0.125 e. The molecule has 1 unspecified atom stereocenters. The fraction of sp³-hybridized carbons (Fsp3) is 0.267. The fourth-order valence-corrected chi connectivity index (χ4v) is 2.23. The topological polar surface area (TPSA) is 45.4 Å². The van der Waals surface area contributed by atoms with E-state index in [1.165, 1.54) is 0 Å². The summed E-state index contributed by atoms with van der Waals surface area (Å²) in [5.41, 5.74) is 4.84. The predicted octanol–water partition coefficient (Wildman–Crippen LogP) is 2.40. The molecule has 2 rings (SSSR count). The van der Waals surface area contributed by atoms with Crippen molar-refractivity contribution in [3.05, 3.63) is 53.9 Å². The first-order valence-electron chi connectivity index (χ1n) is 5.98. The van der Waals surface area contributed by atoms with Crippen molar-refractivity contribution in [2.75, 3.05) is 6.61 Å². The summed E-state index contributed by atoms with van der Waals surface area (Å²) < 4.78 is 2.03. The lowest BCUT2D eigenvalue weighted by molar-refractivity contribution is 0.183. The largest absolute Gasteiger partial charge is 0.391 e. The lowest BCUT2D eigenvalue weighted by Crippen LogP contribution is -2.10. The second kappa shape index (κ2) is 5.23. The third-order valence-electron chi connectivity index (χ3n) is 3.17. The molecule has 94 valence electrons. The van der Waals surface area contributed by atoms with Gasteiger partial charge in [-0.15, -0.1) is 5.73 Å². The van der Waals surface area contributed by atoms with Crippen molar-refractivity contribution in [1.29, 1.82) is 0 Å². The van der Waals surface area contributed by atoms with E-state index in [0.717, 1.165) is 23.1 Å². The molecule has 1 atom stereocenters. The quantitative estimate of drug-likeness (QED) is 0.810. The summed E-state index contributed by atoms with van der Waals surface area (Å²) in [6.45, 7) is 6.04. The van der Waals surface area contributed by atoms with Crippen molar-refractivity contribution in [3.8, 4) is 0 Å². The molecule has 0 aliphatic carbocycles. The Hall–Kier alpha value is -1.80. The summed E-state index contributed by atoms with van der Waals surface area (Å²) in [6, 6.07) is 9.91. The molecular weight excluding hydrogens is 226 g/mol. The van der Waals surface area contributed by atoms with Crippen molar-refractivity contribution >= 4 is 10.9 Å². The van der Waals surface area contributed by atoms with Gasteiger partial charge < -0.3 is 14.8 Å². The number of rotatable bonds is 4. The number of nitrogens with zero attached hydrogens (tertiary/aromatic N) is 1. The number of hydrogen-bond donors (Lipinski definition) is 2. The van der Waals surface area contributed by atoms with Crippen molar-refractivity contribution in [2.45, 2.75) is 19.6 Å². The highest BCUT2D eigenvalue weighted by molar-refractivity contribution is 5.81. The number of aryl methyl sites for hydroxylation is 1. The molecule has 0 aliphatic rings. The van der Waals surface area contributed by atoms with Crippen molar-refractivity contribution in [2.24, 2.45) is 0 Å². The first-order valence-corrected chi connectivity index (χ1v) is 5.98. The summed E-state index contributed by atoms with van der Waals surface area (Å²) >= 11 is 0. The minimum absolute atomic E-state index is 0.240. The molecular formula is C15H17NO2. The number of para-hydroxylation sites is 1. The first kappa shape index (κ1) is 12.7. The predicted molar refractivity (Wildman–Crippen MR) is 72.3 cm³/mol. The van der Waals surface area contributed by atoms with Crippen LogP contribution in [0.3, 0.4) is 0 Å². The molecule has 2 N–H and O–H groups in total. The molecule has 2 aromatic rings. The second-order valence-electron chi connectivity index (χ2n) is 4.13. The van der Waals surface area contributed by atoms with Crippen molar-refractivity contribution in [3.63, 3.8) is 0 Å². The zero-order valence-electron chi connectivity index (χ0n) is 10.4. The van der Waals surface area contributed by atoms with Crippen LogP contribution in [-0.4, -0.2) is 21.4 Å². The molecule has 0 amide bonds. The van der Waals surface area contributed by atoms with E-state index >= 15 is 0 Å². The molecule has 3 heteroatoms. The highest BCUT2D eigenvalue weighted by atomic mass is 16.3. The van der Waals surface area contributed by atoms with Crippen LogP contribution in [0.5, 0.6) is 0 Å². The molecule has 0 bridgehead atoms. The average Bonchev–Trinajstić information content (AvgIpc) is 2.78. The molecule has 0 radical (unpaired) electrons. The van der Waals surface area contributed by atoms with Gasteiger partial charge >= 0.3 is 0 Å². The summed E-state index contributed by atoms with van der Waals surface area (Å²) in [5, 5.41) is 20.5. The van der Waals surface area contributed by atoms with Crippen LogP contribution >= 0.6 is 0 Å². The molecule has 0 aliphatic heterocycles. The van der Waals surface area contributed by atoms with Gasteiger partial charge in [0.2, 0.25) is 0 Å². The Bertz CT molecular complexity index is 606. The molecule has 1 aromatic carbocycles. The molecule has 3 nitrogen and oxygen atoms in total. The van der Waals surface area contributed by atoms with Crippen LogP contribution in [0, 0.1) is 0 Å². The number of hydrogen-bond acceptors (Lipinski definition) is 2. The molecule has 0 saturated heterocycles. The Morgan fingerprint density at radius 1 is 1.44 bits per heavy atom. The van der Waals surface area contributed by atoms with Gasteiger partial charge in [0.15, 0.2) is 0 Å². The number of aromatic nitrogens is 1. The third-order valence-corrected chi connectivity index (χ3v) is 3.17. The first-order chi connectivity index (χ1) is 8.72. The fourth-order valence-electron chi connectivity index (χ4n) is 2.23. The standard InChI is InChI=1S/C15H17NO2/c1-3-11(10-17)15(18)14-9-12-7-5-6-8-13(12)16(14)4-2/h5-9,15,17-18H,1,4,10H2,2H3. The van der Waals surface area contributed by atoms with Crippen LogP contribution in [0.4, 0.5) is 0 Å². The summed E-state index contributed by atoms with van der Waals surface area (Å²) in [4.78, 5) is 0. The third kappa shape index (κ3) is 2.00. The van der Waals surface area contributed by atoms with Gasteiger partial charge in [-0.25, -0.2) is 0 Å². The average molecular weight is 243 g/mol. The Morgan fingerprint density at radius 3 is 2.78 bits per heavy atom. The van der Waals surface area contributed by atoms with E-state index in [4.69, 9.17) is 0 Å². The van der Waals surface area contributed by atoms with E-state index in [0.29, 0.717) is 5.57 Å². The summed E-state index contributed by atoms with van der Waals surface area (Å²) in [6.07, 6.45) is -0.861. The number of aliphatic hydroxyl groups is 2. The van der Waals surface area contributed by atoms with E-state index in [2.05, 4.69) is 12.3 Å². The summed E-state index contributed by atoms with van der Waals surface area (Å²) in [7, 11) is 0. The van der Waals surface area contributed by atoms with E-state index < -0.39 is 6.10 Å². The molecule has 0 fully saturated rings. The maximum absolute atomic E-state index is 10.3. The SMILES string of the molecule is C=C=C(CO)C(O)c1cc2ccccc2n1CC. The van der Waals surface area contributed by atoms with E-state index in [1.54, 1.807) is 0 Å². The Balaban J connectivity index is 2.60. The lowest BCUT2D eigenvalue weighted by Gasteiger charge is -2.14. The van der Waals surface area contributed by atoms with Gasteiger partial charge in [-0.3, -0.25) is 0 Å². The molecule has 1 aromatic heterocycles. The van der Waals surface area contributed by atoms with Gasteiger partial charge in [0.1, 0.15) is 6.10 Å². The zero-order chi connectivity index (χ0) is 13.1. The molecule has 18 heavy (non-hydrogen) atoms. The Kier molecular flexibility index (Phi) is 3.68. The van der Waals surface area contributed by atoms with Crippen LogP contribution in [0.15, 0.2) is 48.2 Å². The molecule has 0 saturated carbocycles. The van der Waals surface area contributed by atoms with Crippen LogP contribution in [0.25, 0.3) is 10.9 Å². The maximum atomic E-state index is 10.3. The van der Waals surface area contributed by atoms with Crippen molar-refractivity contribution in [1.82, 2.24) is 4.57 Å². The highest BCUT2D eigenvalue weighted by Gasteiger charge is 2.18. The Morgan fingerprint density at radius 2 is 2.17 bits per heavy atom. The van der Waals surface area contributed by atoms with Crippen molar-refractivity contribution < 1.29 is 10.2 Å². The van der Waals surface area contributed by atoms with Gasteiger partial charge in [-0.05, 0) is 24.4 Å². The van der Waals surface area contributed by atoms with Gasteiger partial charge in [-0.1, -0.05) is 24.8 Å². The number of benzene rings is 1. The lowest BCUT2D eigenvalue weighted by atomic mass is 10.1. The highest BCUT2D eigenvalue weighted by Crippen LogP contribution is 2.27. The molecule has 1 heterocycles. The minimum atomic E-state index is -0.861. The van der Waals surface area contributed by atoms with E-state index in [1.807, 2.05) is 41.8 Å². The summed E-state index contributed by atoms with van der Waals surface area (Å²) in [5.74, 6) is 0. The Labute approximate surface area is 106 Å². The van der Waals surface area contributed by atoms with Crippen LogP contribution in [-0.2, 0) is 6.54 Å². The number of fused-ring (bicyclic) bond motifs is 1. The minimum Gasteiger partial charge on any atom is -0.391 e. The normalized spacial score (nSPS) is 12.4. The van der Waals surface area contributed by atoms with Gasteiger partial charge in [-0.2, -0.15) is 0 Å². The van der Waals surface area contributed by atoms with Gasteiger partial charge in [0.05, 0.1) is 12.3 Å². The monoisotopic (exact) mass is 243 g/mol. The van der Waals surface area contributed by atoms with Gasteiger partial charge in [0.25, 0.3) is 0 Å². The van der Waals surface area contributed by atoms with Gasteiger partial charge in [0, 0.05) is 17.6 Å². The smallest absolute Gasteiger partial charge is 0.125 e. The van der Waals surface area contributed by atoms with Crippen LogP contribution in [0.2, 0.25) is 0 Å². The van der Waals surface area contributed by atoms with E-state index in [-0.39, 0.29) is 6.61 Å². The molecule has 0 spiro atoms. The number of aliphatic hydroxyl groups excluding tert-OH is 2. The van der Waals surface area contributed by atoms with E-state index in [9.17, 15) is 10.2 Å². The zero-order valence-corrected chi connectivity index (χ0v) is 10.4. The van der Waals surface area contributed by atoms with Crippen LogP contribution in [0.1, 0.15) is 18.7 Å².